The highest BCUT2D eigenvalue weighted by molar-refractivity contribution is 5.92. The molecule has 0 unspecified atom stereocenters. The molecule has 1 aromatic carbocycles. The van der Waals surface area contributed by atoms with Crippen molar-refractivity contribution in [1.29, 1.82) is 0 Å². The first-order chi connectivity index (χ1) is 7.91. The number of esters is 1. The number of carbonyl (C=O) groups is 2. The predicted octanol–water partition coefficient (Wildman–Crippen LogP) is 2.83. The normalized spacial score (nSPS) is 10.6. The molecule has 0 fully saturated rings. The van der Waals surface area contributed by atoms with Gasteiger partial charge in [-0.3, -0.25) is 9.59 Å². The smallest absolute Gasteiger partial charge is 0.308 e. The Kier molecular flexibility index (Phi) is 4.21. The minimum absolute atomic E-state index is 0.0444. The first-order valence-electron chi connectivity index (χ1n) is 5.39. The third-order valence-corrected chi connectivity index (χ3v) is 2.45. The summed E-state index contributed by atoms with van der Waals surface area (Å²) in [6, 6.07) is 3.77. The zero-order valence-corrected chi connectivity index (χ0v) is 10.5. The third-order valence-electron chi connectivity index (χ3n) is 2.45. The van der Waals surface area contributed by atoms with E-state index in [9.17, 15) is 9.59 Å². The molecule has 0 aliphatic heterocycles. The van der Waals surface area contributed by atoms with Crippen molar-refractivity contribution in [1.82, 2.24) is 0 Å². The monoisotopic (exact) mass is 232 g/mol. The van der Waals surface area contributed by atoms with Crippen molar-refractivity contribution in [2.24, 2.45) is 0 Å². The molecule has 0 radical (unpaired) electrons. The fourth-order valence-electron chi connectivity index (χ4n) is 1.43. The van der Waals surface area contributed by atoms with Crippen LogP contribution in [0.25, 0.3) is 6.08 Å². The molecule has 3 heteroatoms. The molecule has 0 atom stereocenters. The van der Waals surface area contributed by atoms with Crippen LogP contribution in [0.1, 0.15) is 30.5 Å². The molecule has 17 heavy (non-hydrogen) atoms. The number of aryl methyl sites for hydroxylation is 1. The van der Waals surface area contributed by atoms with Crippen LogP contribution in [0.5, 0.6) is 5.75 Å². The molecule has 0 spiro atoms. The van der Waals surface area contributed by atoms with E-state index in [4.69, 9.17) is 4.74 Å². The van der Waals surface area contributed by atoms with Gasteiger partial charge >= 0.3 is 5.97 Å². The summed E-state index contributed by atoms with van der Waals surface area (Å²) >= 11 is 0. The highest BCUT2D eigenvalue weighted by Crippen LogP contribution is 2.27. The molecule has 90 valence electrons. The van der Waals surface area contributed by atoms with Crippen LogP contribution in [0.4, 0.5) is 0 Å². The molecule has 0 amide bonds. The number of ether oxygens (including phenoxy) is 1. The summed E-state index contributed by atoms with van der Waals surface area (Å²) in [5.74, 6) is 0.114. The fourth-order valence-corrected chi connectivity index (χ4v) is 1.43. The molecule has 1 aromatic rings. The Hall–Kier alpha value is -1.90. The van der Waals surface area contributed by atoms with E-state index >= 15 is 0 Å². The Labute approximate surface area is 101 Å². The first kappa shape index (κ1) is 13.2. The van der Waals surface area contributed by atoms with Crippen molar-refractivity contribution in [3.05, 3.63) is 34.9 Å². The van der Waals surface area contributed by atoms with Gasteiger partial charge in [-0.2, -0.15) is 0 Å². The van der Waals surface area contributed by atoms with Crippen molar-refractivity contribution in [3.8, 4) is 5.75 Å². The van der Waals surface area contributed by atoms with E-state index in [-0.39, 0.29) is 11.8 Å². The van der Waals surface area contributed by atoms with E-state index in [1.165, 1.54) is 19.9 Å². The summed E-state index contributed by atoms with van der Waals surface area (Å²) in [6.45, 7) is 6.67. The third kappa shape index (κ3) is 3.55. The topological polar surface area (TPSA) is 43.4 Å². The van der Waals surface area contributed by atoms with Gasteiger partial charge in [-0.25, -0.2) is 0 Å². The summed E-state index contributed by atoms with van der Waals surface area (Å²) in [6.07, 6.45) is 3.12. The van der Waals surface area contributed by atoms with Gasteiger partial charge in [0.25, 0.3) is 0 Å². The van der Waals surface area contributed by atoms with Crippen LogP contribution >= 0.6 is 0 Å². The molecular weight excluding hydrogens is 216 g/mol. The van der Waals surface area contributed by atoms with Gasteiger partial charge in [0.1, 0.15) is 5.75 Å². The molecular formula is C14H16O3. The maximum absolute atomic E-state index is 11.1. The summed E-state index contributed by atoms with van der Waals surface area (Å²) < 4.78 is 5.19. The van der Waals surface area contributed by atoms with E-state index in [1.807, 2.05) is 26.0 Å². The molecule has 3 nitrogen and oxygen atoms in total. The van der Waals surface area contributed by atoms with Crippen LogP contribution in [0.3, 0.4) is 0 Å². The largest absolute Gasteiger partial charge is 0.426 e. The number of benzene rings is 1. The van der Waals surface area contributed by atoms with Crippen LogP contribution in [-0.2, 0) is 9.59 Å². The molecule has 0 aromatic heterocycles. The summed E-state index contributed by atoms with van der Waals surface area (Å²) in [4.78, 5) is 22.0. The highest BCUT2D eigenvalue weighted by atomic mass is 16.5. The van der Waals surface area contributed by atoms with E-state index in [0.29, 0.717) is 5.75 Å². The van der Waals surface area contributed by atoms with Gasteiger partial charge in [-0.15, -0.1) is 0 Å². The Morgan fingerprint density at radius 1 is 1.18 bits per heavy atom. The highest BCUT2D eigenvalue weighted by Gasteiger charge is 2.09. The van der Waals surface area contributed by atoms with Crippen molar-refractivity contribution < 1.29 is 14.3 Å². The van der Waals surface area contributed by atoms with Gasteiger partial charge < -0.3 is 4.74 Å². The zero-order chi connectivity index (χ0) is 13.0. The molecule has 0 heterocycles. The summed E-state index contributed by atoms with van der Waals surface area (Å²) in [5.41, 5.74) is 2.69. The van der Waals surface area contributed by atoms with E-state index in [2.05, 4.69) is 0 Å². The summed E-state index contributed by atoms with van der Waals surface area (Å²) in [7, 11) is 0. The maximum atomic E-state index is 11.1. The number of ketones is 1. The Bertz CT molecular complexity index is 484. The van der Waals surface area contributed by atoms with Gasteiger partial charge in [-0.1, -0.05) is 12.1 Å². The van der Waals surface area contributed by atoms with Crippen molar-refractivity contribution in [2.75, 3.05) is 0 Å². The molecule has 1 rings (SSSR count). The molecule has 0 saturated carbocycles. The molecule has 0 aliphatic rings. The van der Waals surface area contributed by atoms with Gasteiger partial charge in [0, 0.05) is 12.5 Å². The van der Waals surface area contributed by atoms with Crippen LogP contribution in [-0.4, -0.2) is 11.8 Å². The van der Waals surface area contributed by atoms with Gasteiger partial charge in [0.15, 0.2) is 5.78 Å². The van der Waals surface area contributed by atoms with Crippen molar-refractivity contribution in [3.63, 3.8) is 0 Å². The standard InChI is InChI=1S/C14H16O3/c1-9-5-7-13(8-6-10(2)15)14(11(9)3)17-12(4)16/h5-8H,1-4H3/b8-6-. The molecule has 0 N–H and O–H groups in total. The lowest BCUT2D eigenvalue weighted by molar-refractivity contribution is -0.131. The number of hydrogen-bond donors (Lipinski definition) is 0. The average Bonchev–Trinajstić information content (AvgIpc) is 2.23. The zero-order valence-electron chi connectivity index (χ0n) is 10.5. The second-order valence-corrected chi connectivity index (χ2v) is 3.96. The molecule has 0 bridgehead atoms. The average molecular weight is 232 g/mol. The van der Waals surface area contributed by atoms with Crippen molar-refractivity contribution >= 4 is 17.8 Å². The quantitative estimate of drug-likeness (QED) is 0.457. The van der Waals surface area contributed by atoms with E-state index < -0.39 is 0 Å². The Morgan fingerprint density at radius 2 is 1.82 bits per heavy atom. The fraction of sp³-hybridized carbons (Fsp3) is 0.286. The minimum Gasteiger partial charge on any atom is -0.426 e. The van der Waals surface area contributed by atoms with Crippen LogP contribution < -0.4 is 4.74 Å². The minimum atomic E-state index is -0.365. The first-order valence-corrected chi connectivity index (χ1v) is 5.39. The SMILES string of the molecule is CC(=O)/C=C\c1ccc(C)c(C)c1OC(C)=O. The van der Waals surface area contributed by atoms with E-state index in [0.717, 1.165) is 16.7 Å². The lowest BCUT2D eigenvalue weighted by Gasteiger charge is -2.11. The van der Waals surface area contributed by atoms with E-state index in [1.54, 1.807) is 6.08 Å². The number of rotatable bonds is 3. The maximum Gasteiger partial charge on any atom is 0.308 e. The Morgan fingerprint density at radius 3 is 2.35 bits per heavy atom. The van der Waals surface area contributed by atoms with Crippen molar-refractivity contribution in [2.45, 2.75) is 27.7 Å². The van der Waals surface area contributed by atoms with Gasteiger partial charge in [0.2, 0.25) is 0 Å². The van der Waals surface area contributed by atoms with Gasteiger partial charge in [-0.05, 0) is 44.1 Å². The van der Waals surface area contributed by atoms with Crippen LogP contribution in [0.15, 0.2) is 18.2 Å². The molecule has 0 aliphatic carbocycles. The number of allylic oxidation sites excluding steroid dienone is 1. The second kappa shape index (κ2) is 5.43. The number of carbonyl (C=O) groups excluding carboxylic acids is 2. The predicted molar refractivity (Wildman–Crippen MR) is 66.9 cm³/mol. The lowest BCUT2D eigenvalue weighted by atomic mass is 10.0. The Balaban J connectivity index is 3.24. The lowest BCUT2D eigenvalue weighted by Crippen LogP contribution is -2.05. The summed E-state index contributed by atoms with van der Waals surface area (Å²) in [5, 5.41) is 0. The van der Waals surface area contributed by atoms with Crippen LogP contribution in [0, 0.1) is 13.8 Å². The molecule has 0 saturated heterocycles. The number of hydrogen-bond acceptors (Lipinski definition) is 3. The van der Waals surface area contributed by atoms with Crippen LogP contribution in [0.2, 0.25) is 0 Å². The second-order valence-electron chi connectivity index (χ2n) is 3.96. The van der Waals surface area contributed by atoms with Gasteiger partial charge in [0.05, 0.1) is 0 Å².